The zero-order valence-electron chi connectivity index (χ0n) is 10.7. The molecule has 0 unspecified atom stereocenters. The Kier molecular flexibility index (Phi) is 5.06. The molecular weight excluding hydrogens is 208 g/mol. The number of aliphatic hydroxyl groups excluding tert-OH is 1. The van der Waals surface area contributed by atoms with Gasteiger partial charge in [0.2, 0.25) is 0 Å². The summed E-state index contributed by atoms with van der Waals surface area (Å²) in [5.41, 5.74) is 3.16. The van der Waals surface area contributed by atoms with Gasteiger partial charge in [-0.2, -0.15) is 0 Å². The van der Waals surface area contributed by atoms with Gasteiger partial charge in [-0.15, -0.1) is 0 Å². The smallest absolute Gasteiger partial charge is 0.0540 e. The second kappa shape index (κ2) is 6.80. The van der Waals surface area contributed by atoms with E-state index in [0.29, 0.717) is 0 Å². The van der Waals surface area contributed by atoms with Gasteiger partial charge in [0.1, 0.15) is 0 Å². The van der Waals surface area contributed by atoms with Crippen LogP contribution in [0.5, 0.6) is 0 Å². The maximum atomic E-state index is 8.91. The van der Waals surface area contributed by atoms with Gasteiger partial charge >= 0.3 is 0 Å². The standard InChI is InChI=1S/C10H12.C6H12O/c1-2-6-10-8-4-3-7-9(10)5-1;7-6-4-2-1-3-5-6/h1-2,5-6H,3-4,7-8H2;6-7H,1-5H2. The van der Waals surface area contributed by atoms with Crippen LogP contribution in [0.15, 0.2) is 24.3 Å². The van der Waals surface area contributed by atoms with Gasteiger partial charge in [0.25, 0.3) is 0 Å². The van der Waals surface area contributed by atoms with Crippen LogP contribution in [-0.2, 0) is 12.8 Å². The van der Waals surface area contributed by atoms with Crippen LogP contribution in [0.2, 0.25) is 0 Å². The second-order valence-electron chi connectivity index (χ2n) is 5.27. The van der Waals surface area contributed by atoms with Gasteiger partial charge in [-0.05, 0) is 49.7 Å². The highest BCUT2D eigenvalue weighted by atomic mass is 16.3. The fourth-order valence-electron chi connectivity index (χ4n) is 2.76. The van der Waals surface area contributed by atoms with E-state index in [9.17, 15) is 0 Å². The van der Waals surface area contributed by atoms with E-state index < -0.39 is 0 Å². The molecule has 0 amide bonds. The Labute approximate surface area is 105 Å². The largest absolute Gasteiger partial charge is 0.393 e. The van der Waals surface area contributed by atoms with Crippen LogP contribution >= 0.6 is 0 Å². The first-order valence-electron chi connectivity index (χ1n) is 7.11. The molecule has 0 saturated heterocycles. The summed E-state index contributed by atoms with van der Waals surface area (Å²) in [7, 11) is 0. The summed E-state index contributed by atoms with van der Waals surface area (Å²) in [5.74, 6) is 0. The maximum Gasteiger partial charge on any atom is 0.0540 e. The number of rotatable bonds is 0. The van der Waals surface area contributed by atoms with E-state index in [-0.39, 0.29) is 6.10 Å². The van der Waals surface area contributed by atoms with Gasteiger partial charge in [-0.25, -0.2) is 0 Å². The molecule has 1 N–H and O–H groups in total. The average Bonchev–Trinajstić information content (AvgIpc) is 2.41. The van der Waals surface area contributed by atoms with Gasteiger partial charge < -0.3 is 5.11 Å². The van der Waals surface area contributed by atoms with Crippen molar-refractivity contribution in [3.05, 3.63) is 35.4 Å². The summed E-state index contributed by atoms with van der Waals surface area (Å²) >= 11 is 0. The third-order valence-electron chi connectivity index (χ3n) is 3.84. The number of benzene rings is 1. The highest BCUT2D eigenvalue weighted by molar-refractivity contribution is 5.28. The normalized spacial score (nSPS) is 20.1. The molecule has 0 spiro atoms. The Morgan fingerprint density at radius 2 is 1.29 bits per heavy atom. The minimum Gasteiger partial charge on any atom is -0.393 e. The van der Waals surface area contributed by atoms with Crippen LogP contribution < -0.4 is 0 Å². The van der Waals surface area contributed by atoms with Crippen LogP contribution in [-0.4, -0.2) is 11.2 Å². The summed E-state index contributed by atoms with van der Waals surface area (Å²) in [6.07, 6.45) is 11.3. The Balaban J connectivity index is 0.000000136. The van der Waals surface area contributed by atoms with Crippen LogP contribution in [0.4, 0.5) is 0 Å². The minimum atomic E-state index is 0.0359. The van der Waals surface area contributed by atoms with Crippen molar-refractivity contribution in [1.82, 2.24) is 0 Å². The molecule has 0 radical (unpaired) electrons. The van der Waals surface area contributed by atoms with Gasteiger partial charge in [0.05, 0.1) is 6.10 Å². The Morgan fingerprint density at radius 3 is 1.71 bits per heavy atom. The van der Waals surface area contributed by atoms with Crippen molar-refractivity contribution in [1.29, 1.82) is 0 Å². The molecule has 3 rings (SSSR count). The zero-order chi connectivity index (χ0) is 11.9. The van der Waals surface area contributed by atoms with Crippen molar-refractivity contribution in [2.45, 2.75) is 63.9 Å². The molecule has 17 heavy (non-hydrogen) atoms. The van der Waals surface area contributed by atoms with Crippen LogP contribution in [0.1, 0.15) is 56.1 Å². The molecule has 2 aliphatic carbocycles. The quantitative estimate of drug-likeness (QED) is 0.719. The molecule has 1 saturated carbocycles. The molecular formula is C16H24O. The summed E-state index contributed by atoms with van der Waals surface area (Å²) in [5, 5.41) is 8.91. The van der Waals surface area contributed by atoms with E-state index >= 15 is 0 Å². The Bertz CT molecular complexity index is 301. The monoisotopic (exact) mass is 232 g/mol. The SMILES string of the molecule is OC1CCCCC1.c1ccc2c(c1)CCCC2. The van der Waals surface area contributed by atoms with Crippen molar-refractivity contribution >= 4 is 0 Å². The highest BCUT2D eigenvalue weighted by Gasteiger charge is 2.07. The highest BCUT2D eigenvalue weighted by Crippen LogP contribution is 2.19. The van der Waals surface area contributed by atoms with Gasteiger partial charge in [-0.1, -0.05) is 43.5 Å². The minimum absolute atomic E-state index is 0.0359. The van der Waals surface area contributed by atoms with E-state index in [1.807, 2.05) is 0 Å². The predicted octanol–water partition coefficient (Wildman–Crippen LogP) is 3.88. The van der Waals surface area contributed by atoms with E-state index in [4.69, 9.17) is 5.11 Å². The lowest BCUT2D eigenvalue weighted by Gasteiger charge is -2.14. The molecule has 0 aliphatic heterocycles. The van der Waals surface area contributed by atoms with E-state index in [0.717, 1.165) is 12.8 Å². The number of hydrogen-bond donors (Lipinski definition) is 1. The summed E-state index contributed by atoms with van der Waals surface area (Å²) < 4.78 is 0. The first kappa shape index (κ1) is 12.6. The lowest BCUT2D eigenvalue weighted by atomic mass is 9.92. The van der Waals surface area contributed by atoms with Crippen molar-refractivity contribution in [2.75, 3.05) is 0 Å². The molecule has 0 heterocycles. The van der Waals surface area contributed by atoms with Crippen molar-refractivity contribution in [3.8, 4) is 0 Å². The molecule has 1 heteroatoms. The van der Waals surface area contributed by atoms with E-state index in [1.165, 1.54) is 44.9 Å². The molecule has 0 atom stereocenters. The lowest BCUT2D eigenvalue weighted by Crippen LogP contribution is -2.09. The van der Waals surface area contributed by atoms with Crippen molar-refractivity contribution < 1.29 is 5.11 Å². The first-order valence-corrected chi connectivity index (χ1v) is 7.11. The molecule has 1 fully saturated rings. The maximum absolute atomic E-state index is 8.91. The molecule has 1 aromatic rings. The topological polar surface area (TPSA) is 20.2 Å². The zero-order valence-corrected chi connectivity index (χ0v) is 10.7. The third-order valence-corrected chi connectivity index (χ3v) is 3.84. The Morgan fingerprint density at radius 1 is 0.765 bits per heavy atom. The molecule has 94 valence electrons. The molecule has 2 aliphatic rings. The third kappa shape index (κ3) is 4.16. The van der Waals surface area contributed by atoms with Gasteiger partial charge in [-0.3, -0.25) is 0 Å². The van der Waals surface area contributed by atoms with Crippen molar-refractivity contribution in [2.24, 2.45) is 0 Å². The molecule has 0 aromatic heterocycles. The summed E-state index contributed by atoms with van der Waals surface area (Å²) in [6, 6.07) is 8.80. The molecule has 1 aromatic carbocycles. The Hall–Kier alpha value is -0.820. The number of aliphatic hydroxyl groups is 1. The number of hydrogen-bond acceptors (Lipinski definition) is 1. The lowest BCUT2D eigenvalue weighted by molar-refractivity contribution is 0.130. The first-order chi connectivity index (χ1) is 8.36. The second-order valence-corrected chi connectivity index (χ2v) is 5.27. The fourth-order valence-corrected chi connectivity index (χ4v) is 2.76. The van der Waals surface area contributed by atoms with Gasteiger partial charge in [0.15, 0.2) is 0 Å². The summed E-state index contributed by atoms with van der Waals surface area (Å²) in [4.78, 5) is 0. The van der Waals surface area contributed by atoms with Gasteiger partial charge in [0, 0.05) is 0 Å². The van der Waals surface area contributed by atoms with E-state index in [1.54, 1.807) is 11.1 Å². The van der Waals surface area contributed by atoms with Crippen LogP contribution in [0.3, 0.4) is 0 Å². The molecule has 0 bridgehead atoms. The molecule has 1 nitrogen and oxygen atoms in total. The van der Waals surface area contributed by atoms with Crippen LogP contribution in [0.25, 0.3) is 0 Å². The number of fused-ring (bicyclic) bond motifs is 1. The average molecular weight is 232 g/mol. The van der Waals surface area contributed by atoms with E-state index in [2.05, 4.69) is 24.3 Å². The summed E-state index contributed by atoms with van der Waals surface area (Å²) in [6.45, 7) is 0. The number of aryl methyl sites for hydroxylation is 2. The predicted molar refractivity (Wildman–Crippen MR) is 72.2 cm³/mol. The fraction of sp³-hybridized carbons (Fsp3) is 0.625. The van der Waals surface area contributed by atoms with Crippen LogP contribution in [0, 0.1) is 0 Å². The van der Waals surface area contributed by atoms with Crippen molar-refractivity contribution in [3.63, 3.8) is 0 Å².